The number of carbonyl (C=O) groups is 2. The fraction of sp³-hybridized carbons (Fsp3) is 0.375. The average Bonchev–Trinajstić information content (AvgIpc) is 2.85. The summed E-state index contributed by atoms with van der Waals surface area (Å²) in [7, 11) is -4.10. The number of nitrogens with one attached hydrogen (secondary N) is 1. The summed E-state index contributed by atoms with van der Waals surface area (Å²) < 4.78 is 29.1. The van der Waals surface area contributed by atoms with Crippen molar-refractivity contribution in [2.24, 2.45) is 0 Å². The summed E-state index contributed by atoms with van der Waals surface area (Å²) in [5, 5.41) is 2.95. The monoisotopic (exact) mass is 563 g/mol. The van der Waals surface area contributed by atoms with Gasteiger partial charge < -0.3 is 10.2 Å². The first-order valence-electron chi connectivity index (χ1n) is 13.4. The minimum Gasteiger partial charge on any atom is -0.350 e. The van der Waals surface area contributed by atoms with E-state index in [0.717, 1.165) is 32.1 Å². The fourth-order valence-electron chi connectivity index (χ4n) is 4.41. The van der Waals surface area contributed by atoms with E-state index in [-0.39, 0.29) is 17.3 Å². The lowest BCUT2D eigenvalue weighted by atomic mass is 10.1. The van der Waals surface area contributed by atoms with Crippen molar-refractivity contribution in [1.29, 1.82) is 0 Å². The van der Waals surface area contributed by atoms with E-state index in [1.165, 1.54) is 4.90 Å². The third kappa shape index (κ3) is 7.94. The van der Waals surface area contributed by atoms with Gasteiger partial charge in [-0.2, -0.15) is 0 Å². The van der Waals surface area contributed by atoms with Gasteiger partial charge in [-0.05, 0) is 96.3 Å². The minimum absolute atomic E-state index is 0.0914. The summed E-state index contributed by atoms with van der Waals surface area (Å²) in [4.78, 5) is 28.8. The van der Waals surface area contributed by atoms with E-state index in [9.17, 15) is 18.0 Å². The zero-order valence-corrected chi connectivity index (χ0v) is 25.6. The summed E-state index contributed by atoms with van der Waals surface area (Å²) in [5.74, 6) is -0.792. The van der Waals surface area contributed by atoms with Gasteiger partial charge in [0.05, 0.1) is 10.6 Å². The lowest BCUT2D eigenvalue weighted by Gasteiger charge is -2.33. The minimum atomic E-state index is -4.10. The molecule has 0 aliphatic rings. The Morgan fingerprint density at radius 2 is 1.30 bits per heavy atom. The third-order valence-electron chi connectivity index (χ3n) is 6.52. The van der Waals surface area contributed by atoms with Crippen molar-refractivity contribution in [2.45, 2.75) is 78.4 Å². The van der Waals surface area contributed by atoms with Crippen LogP contribution in [-0.2, 0) is 26.2 Å². The topological polar surface area (TPSA) is 86.8 Å². The highest BCUT2D eigenvalue weighted by Crippen LogP contribution is 2.27. The molecule has 1 N–H and O–H groups in total. The van der Waals surface area contributed by atoms with E-state index in [2.05, 4.69) is 5.32 Å². The van der Waals surface area contributed by atoms with Crippen molar-refractivity contribution >= 4 is 27.5 Å². The van der Waals surface area contributed by atoms with Gasteiger partial charge in [0.25, 0.3) is 10.0 Å². The Bertz CT molecular complexity index is 1440. The van der Waals surface area contributed by atoms with Crippen LogP contribution in [-0.4, -0.2) is 43.3 Å². The molecule has 3 aromatic rings. The molecule has 0 saturated heterocycles. The maximum absolute atomic E-state index is 14.1. The van der Waals surface area contributed by atoms with Gasteiger partial charge in [0, 0.05) is 12.1 Å². The Kier molecular flexibility index (Phi) is 9.46. The van der Waals surface area contributed by atoms with Gasteiger partial charge in [0.2, 0.25) is 11.8 Å². The summed E-state index contributed by atoms with van der Waals surface area (Å²) in [5.41, 5.74) is 4.49. The normalized spacial score (nSPS) is 12.5. The molecule has 0 fully saturated rings. The number of anilines is 1. The number of sulfonamides is 1. The van der Waals surface area contributed by atoms with Crippen LogP contribution in [0.15, 0.2) is 71.6 Å². The van der Waals surface area contributed by atoms with Crippen LogP contribution in [0.4, 0.5) is 5.69 Å². The quantitative estimate of drug-likeness (QED) is 0.375. The molecule has 0 radical (unpaired) electrons. The number of rotatable bonds is 9. The second-order valence-corrected chi connectivity index (χ2v) is 13.5. The molecule has 0 saturated carbocycles. The van der Waals surface area contributed by atoms with Crippen LogP contribution in [0.5, 0.6) is 0 Å². The lowest BCUT2D eigenvalue weighted by Crippen LogP contribution is -2.54. The zero-order chi connectivity index (χ0) is 29.8. The predicted octanol–water partition coefficient (Wildman–Crippen LogP) is 5.45. The second kappa shape index (κ2) is 12.3. The Balaban J connectivity index is 2.07. The van der Waals surface area contributed by atoms with E-state index in [4.69, 9.17) is 0 Å². The molecular formula is C32H41N3O4S. The van der Waals surface area contributed by atoms with Crippen molar-refractivity contribution in [1.82, 2.24) is 10.2 Å². The van der Waals surface area contributed by atoms with Crippen molar-refractivity contribution in [3.63, 3.8) is 0 Å². The molecule has 8 heteroatoms. The van der Waals surface area contributed by atoms with E-state index in [0.29, 0.717) is 5.69 Å². The number of hydrogen-bond acceptors (Lipinski definition) is 4. The molecule has 0 aliphatic heterocycles. The van der Waals surface area contributed by atoms with Gasteiger partial charge >= 0.3 is 0 Å². The summed E-state index contributed by atoms with van der Waals surface area (Å²) >= 11 is 0. The van der Waals surface area contributed by atoms with Crippen molar-refractivity contribution in [2.75, 3.05) is 10.8 Å². The summed E-state index contributed by atoms with van der Waals surface area (Å²) in [6, 6.07) is 18.9. The van der Waals surface area contributed by atoms with Crippen LogP contribution in [0.25, 0.3) is 0 Å². The van der Waals surface area contributed by atoms with Crippen molar-refractivity contribution < 1.29 is 18.0 Å². The van der Waals surface area contributed by atoms with Crippen molar-refractivity contribution in [3.8, 4) is 0 Å². The molecule has 0 aliphatic carbocycles. The van der Waals surface area contributed by atoms with E-state index >= 15 is 0 Å². The van der Waals surface area contributed by atoms with Gasteiger partial charge in [-0.15, -0.1) is 0 Å². The van der Waals surface area contributed by atoms with Gasteiger partial charge in [0.15, 0.2) is 0 Å². The van der Waals surface area contributed by atoms with Crippen LogP contribution in [0.2, 0.25) is 0 Å². The van der Waals surface area contributed by atoms with Crippen LogP contribution in [0.3, 0.4) is 0 Å². The summed E-state index contributed by atoms with van der Waals surface area (Å²) in [6.07, 6.45) is 0. The van der Waals surface area contributed by atoms with Gasteiger partial charge in [-0.25, -0.2) is 8.42 Å². The number of carbonyl (C=O) groups excluding carboxylic acids is 2. The van der Waals surface area contributed by atoms with Gasteiger partial charge in [0.1, 0.15) is 12.6 Å². The van der Waals surface area contributed by atoms with Crippen LogP contribution >= 0.6 is 0 Å². The highest BCUT2D eigenvalue weighted by atomic mass is 32.2. The molecule has 40 heavy (non-hydrogen) atoms. The van der Waals surface area contributed by atoms with E-state index < -0.39 is 34.1 Å². The first-order valence-corrected chi connectivity index (χ1v) is 14.9. The SMILES string of the molecule is Cc1ccc(CN(C(=O)CN(c2cc(C)cc(C)c2)S(=O)(=O)c2ccc(C)cc2)[C@H](C)C(=O)NC(C)(C)C)cc1. The van der Waals surface area contributed by atoms with Crippen molar-refractivity contribution in [3.05, 3.63) is 94.5 Å². The predicted molar refractivity (Wildman–Crippen MR) is 161 cm³/mol. The molecule has 0 heterocycles. The van der Waals surface area contributed by atoms with Crippen LogP contribution in [0.1, 0.15) is 55.5 Å². The average molecular weight is 564 g/mol. The Morgan fingerprint density at radius 1 is 0.800 bits per heavy atom. The molecular weight excluding hydrogens is 522 g/mol. The first-order chi connectivity index (χ1) is 18.6. The van der Waals surface area contributed by atoms with Gasteiger partial charge in [-0.3, -0.25) is 13.9 Å². The third-order valence-corrected chi connectivity index (χ3v) is 8.31. The van der Waals surface area contributed by atoms with E-state index in [1.54, 1.807) is 43.3 Å². The maximum Gasteiger partial charge on any atom is 0.264 e. The lowest BCUT2D eigenvalue weighted by molar-refractivity contribution is -0.140. The highest BCUT2D eigenvalue weighted by Gasteiger charge is 2.33. The molecule has 3 aromatic carbocycles. The smallest absolute Gasteiger partial charge is 0.264 e. The molecule has 0 bridgehead atoms. The number of nitrogens with zero attached hydrogens (tertiary/aromatic N) is 2. The number of aryl methyl sites for hydroxylation is 4. The second-order valence-electron chi connectivity index (χ2n) is 11.6. The number of benzene rings is 3. The van der Waals surface area contributed by atoms with E-state index in [1.807, 2.05) is 78.8 Å². The largest absolute Gasteiger partial charge is 0.350 e. The van der Waals surface area contributed by atoms with Crippen LogP contribution in [0, 0.1) is 27.7 Å². The molecule has 0 spiro atoms. The molecule has 214 valence electrons. The number of amides is 2. The van der Waals surface area contributed by atoms with Gasteiger partial charge in [-0.1, -0.05) is 53.6 Å². The highest BCUT2D eigenvalue weighted by molar-refractivity contribution is 7.92. The standard InChI is InChI=1S/C32H41N3O4S/c1-22-9-13-27(14-10-22)20-34(26(5)31(37)33-32(6,7)8)30(36)21-35(28-18-24(3)17-25(4)19-28)40(38,39)29-15-11-23(2)12-16-29/h9-19,26H,20-21H2,1-8H3,(H,33,37)/t26-/m1/s1. The molecule has 7 nitrogen and oxygen atoms in total. The summed E-state index contributed by atoms with van der Waals surface area (Å²) in [6.45, 7) is 14.6. The Labute approximate surface area is 239 Å². The molecule has 3 rings (SSSR count). The number of hydrogen-bond donors (Lipinski definition) is 1. The van der Waals surface area contributed by atoms with Crippen LogP contribution < -0.4 is 9.62 Å². The fourth-order valence-corrected chi connectivity index (χ4v) is 5.81. The maximum atomic E-state index is 14.1. The Morgan fingerprint density at radius 3 is 1.80 bits per heavy atom. The first kappa shape index (κ1) is 30.9. The Hall–Kier alpha value is -3.65. The molecule has 1 atom stereocenters. The molecule has 2 amide bonds. The zero-order valence-electron chi connectivity index (χ0n) is 24.8. The molecule has 0 aromatic heterocycles. The molecule has 0 unspecified atom stereocenters.